The zero-order chi connectivity index (χ0) is 14.0. The van der Waals surface area contributed by atoms with E-state index < -0.39 is 18.7 Å². The number of nitrogens with zero attached hydrogens (tertiary/aromatic N) is 1. The highest BCUT2D eigenvalue weighted by Gasteiger charge is 2.27. The zero-order valence-electron chi connectivity index (χ0n) is 10.9. The smallest absolute Gasteiger partial charge is 0.445 e. The number of hydrogen-bond acceptors (Lipinski definition) is 2. The summed E-state index contributed by atoms with van der Waals surface area (Å²) in [5.41, 5.74) is -0.383. The number of piperidine rings is 1. The van der Waals surface area contributed by atoms with E-state index in [-0.39, 0.29) is 12.1 Å². The number of likely N-dealkylation sites (tertiary alicyclic amines) is 1. The van der Waals surface area contributed by atoms with Crippen molar-refractivity contribution >= 4 is 13.1 Å². The van der Waals surface area contributed by atoms with Gasteiger partial charge in [0.05, 0.1) is 0 Å². The van der Waals surface area contributed by atoms with Crippen molar-refractivity contribution in [2.24, 2.45) is 0 Å². The highest BCUT2D eigenvalue weighted by Crippen LogP contribution is 2.22. The van der Waals surface area contributed by atoms with E-state index in [0.717, 1.165) is 0 Å². The molecule has 0 unspecified atom stereocenters. The predicted octanol–water partition coefficient (Wildman–Crippen LogP) is 3.33. The van der Waals surface area contributed by atoms with Crippen molar-refractivity contribution in [1.29, 1.82) is 0 Å². The first kappa shape index (κ1) is 14.9. The van der Waals surface area contributed by atoms with E-state index in [0.29, 0.717) is 25.4 Å². The number of rotatable bonds is 1. The fourth-order valence-electron chi connectivity index (χ4n) is 1.79. The van der Waals surface area contributed by atoms with Crippen LogP contribution in [0.15, 0.2) is 11.5 Å². The Kier molecular flexibility index (Phi) is 4.34. The van der Waals surface area contributed by atoms with E-state index in [4.69, 9.17) is 4.74 Å². The average Bonchev–Trinajstić information content (AvgIpc) is 2.12. The van der Waals surface area contributed by atoms with Crippen molar-refractivity contribution in [3.8, 4) is 0 Å². The van der Waals surface area contributed by atoms with Crippen molar-refractivity contribution in [2.45, 2.75) is 39.2 Å². The van der Waals surface area contributed by atoms with Gasteiger partial charge in [0.15, 0.2) is 0 Å². The van der Waals surface area contributed by atoms with Gasteiger partial charge in [-0.25, -0.2) is 4.79 Å². The third-order valence-corrected chi connectivity index (χ3v) is 2.40. The minimum absolute atomic E-state index is 0.0101. The largest absolute Gasteiger partial charge is 0.502 e. The third-order valence-electron chi connectivity index (χ3n) is 2.40. The molecule has 0 aliphatic carbocycles. The molecule has 0 saturated carbocycles. The van der Waals surface area contributed by atoms with Crippen LogP contribution in [0.3, 0.4) is 0 Å². The maximum Gasteiger partial charge on any atom is 0.502 e. The number of amides is 1. The molecular weight excluding hydrogens is 246 g/mol. The van der Waals surface area contributed by atoms with Gasteiger partial charge in [0, 0.05) is 13.1 Å². The molecule has 1 saturated heterocycles. The van der Waals surface area contributed by atoms with Crippen LogP contribution in [0.1, 0.15) is 33.6 Å². The monoisotopic (exact) mass is 264 g/mol. The first-order valence-corrected chi connectivity index (χ1v) is 5.95. The molecule has 0 bridgehead atoms. The molecule has 1 aliphatic heterocycles. The molecule has 0 aromatic carbocycles. The quantitative estimate of drug-likeness (QED) is 0.680. The summed E-state index contributed by atoms with van der Waals surface area (Å²) >= 11 is 0. The molecular formula is C11H18BF3NO2-. The van der Waals surface area contributed by atoms with Gasteiger partial charge in [0.2, 0.25) is 0 Å². The lowest BCUT2D eigenvalue weighted by Gasteiger charge is -2.32. The van der Waals surface area contributed by atoms with Crippen LogP contribution in [-0.2, 0) is 4.74 Å². The number of carbonyl (C=O) groups is 1. The Morgan fingerprint density at radius 3 is 2.50 bits per heavy atom. The molecule has 1 aliphatic rings. The SMILES string of the molecule is CC(C)(C)OC(=O)N1CCC/C(=C\[B-](F)(F)F)C1. The van der Waals surface area contributed by atoms with Crippen LogP contribution in [-0.4, -0.2) is 36.7 Å². The Hall–Kier alpha value is -1.14. The zero-order valence-corrected chi connectivity index (χ0v) is 10.9. The van der Waals surface area contributed by atoms with E-state index in [9.17, 15) is 17.7 Å². The van der Waals surface area contributed by atoms with Gasteiger partial charge in [-0.05, 0) is 33.6 Å². The Morgan fingerprint density at radius 1 is 1.39 bits per heavy atom. The maximum atomic E-state index is 12.3. The first-order chi connectivity index (χ1) is 8.07. The van der Waals surface area contributed by atoms with Crippen LogP contribution < -0.4 is 0 Å². The summed E-state index contributed by atoms with van der Waals surface area (Å²) in [7, 11) is 0. The predicted molar refractivity (Wildman–Crippen MR) is 64.2 cm³/mol. The Morgan fingerprint density at radius 2 is 2.00 bits per heavy atom. The number of hydrogen-bond donors (Lipinski definition) is 0. The lowest BCUT2D eigenvalue weighted by Crippen LogP contribution is -2.41. The van der Waals surface area contributed by atoms with Gasteiger partial charge in [-0.1, -0.05) is 5.57 Å². The van der Waals surface area contributed by atoms with Crippen LogP contribution in [0, 0.1) is 0 Å². The molecule has 0 aromatic heterocycles. The van der Waals surface area contributed by atoms with E-state index in [2.05, 4.69) is 0 Å². The molecule has 1 heterocycles. The van der Waals surface area contributed by atoms with E-state index in [1.165, 1.54) is 4.90 Å². The van der Waals surface area contributed by atoms with E-state index in [1.807, 2.05) is 0 Å². The molecule has 0 atom stereocenters. The average molecular weight is 264 g/mol. The van der Waals surface area contributed by atoms with Crippen LogP contribution in [0.2, 0.25) is 0 Å². The van der Waals surface area contributed by atoms with Gasteiger partial charge in [0.1, 0.15) is 5.60 Å². The van der Waals surface area contributed by atoms with Crippen molar-refractivity contribution in [1.82, 2.24) is 4.90 Å². The fraction of sp³-hybridized carbons (Fsp3) is 0.727. The topological polar surface area (TPSA) is 29.5 Å². The summed E-state index contributed by atoms with van der Waals surface area (Å²) in [6.07, 6.45) is 0.375. The summed E-state index contributed by atoms with van der Waals surface area (Å²) in [6, 6.07) is 0. The number of ether oxygens (including phenoxy) is 1. The standard InChI is InChI=1S/C11H18BF3NO2/c1-11(2,3)18-10(17)16-6-4-5-9(8-16)7-12(13,14)15/h7H,4-6,8H2,1-3H3/q-1/b9-7+. The van der Waals surface area contributed by atoms with Gasteiger partial charge in [-0.2, -0.15) is 0 Å². The minimum Gasteiger partial charge on any atom is -0.445 e. The molecule has 1 rings (SSSR count). The van der Waals surface area contributed by atoms with Crippen LogP contribution in [0.5, 0.6) is 0 Å². The second-order valence-electron chi connectivity index (χ2n) is 5.46. The Bertz CT molecular complexity index is 347. The number of carbonyl (C=O) groups excluding carboxylic acids is 1. The normalized spacial score (nSPS) is 20.1. The van der Waals surface area contributed by atoms with Gasteiger partial charge < -0.3 is 22.6 Å². The first-order valence-electron chi connectivity index (χ1n) is 5.95. The molecule has 0 spiro atoms. The van der Waals surface area contributed by atoms with Crippen LogP contribution in [0.25, 0.3) is 0 Å². The number of halogens is 3. The lowest BCUT2D eigenvalue weighted by atomic mass is 9.86. The summed E-state index contributed by atoms with van der Waals surface area (Å²) in [4.78, 5) is 13.0. The molecule has 1 fully saturated rings. The van der Waals surface area contributed by atoms with Crippen LogP contribution in [0.4, 0.5) is 17.7 Å². The van der Waals surface area contributed by atoms with Gasteiger partial charge in [0.25, 0.3) is 0 Å². The summed E-state index contributed by atoms with van der Waals surface area (Å²) in [6.45, 7) is 0.688. The highest BCUT2D eigenvalue weighted by molar-refractivity contribution is 6.64. The maximum absolute atomic E-state index is 12.3. The summed E-state index contributed by atoms with van der Waals surface area (Å²) in [5, 5.41) is 0. The van der Waals surface area contributed by atoms with Crippen molar-refractivity contribution in [3.63, 3.8) is 0 Å². The summed E-state index contributed by atoms with van der Waals surface area (Å²) < 4.78 is 42.0. The fourth-order valence-corrected chi connectivity index (χ4v) is 1.79. The Balaban J connectivity index is 2.65. The molecule has 104 valence electrons. The molecule has 3 nitrogen and oxygen atoms in total. The third kappa shape index (κ3) is 5.47. The Labute approximate surface area is 105 Å². The molecule has 0 N–H and O–H groups in total. The van der Waals surface area contributed by atoms with E-state index >= 15 is 0 Å². The van der Waals surface area contributed by atoms with Crippen molar-refractivity contribution < 1.29 is 22.5 Å². The van der Waals surface area contributed by atoms with Crippen molar-refractivity contribution in [2.75, 3.05) is 13.1 Å². The van der Waals surface area contributed by atoms with Crippen molar-refractivity contribution in [3.05, 3.63) is 11.5 Å². The van der Waals surface area contributed by atoms with E-state index in [1.54, 1.807) is 20.8 Å². The van der Waals surface area contributed by atoms with Gasteiger partial charge in [-0.15, -0.1) is 5.98 Å². The highest BCUT2D eigenvalue weighted by atomic mass is 19.4. The lowest BCUT2D eigenvalue weighted by molar-refractivity contribution is 0.0246. The minimum atomic E-state index is -4.94. The molecule has 0 aromatic rings. The second-order valence-corrected chi connectivity index (χ2v) is 5.46. The van der Waals surface area contributed by atoms with Gasteiger partial charge >= 0.3 is 13.1 Å². The van der Waals surface area contributed by atoms with Crippen LogP contribution >= 0.6 is 0 Å². The molecule has 7 heteroatoms. The molecule has 0 radical (unpaired) electrons. The second kappa shape index (κ2) is 5.24. The summed E-state index contributed by atoms with van der Waals surface area (Å²) in [5.74, 6) is 0.344. The molecule has 1 amide bonds. The van der Waals surface area contributed by atoms with Gasteiger partial charge in [-0.3, -0.25) is 0 Å². The molecule has 18 heavy (non-hydrogen) atoms.